The van der Waals surface area contributed by atoms with Crippen molar-refractivity contribution in [3.05, 3.63) is 0 Å². The van der Waals surface area contributed by atoms with Gasteiger partial charge < -0.3 is 16.0 Å². The standard InChI is InChI=1S/C10H21N3O/c1-10(2,12-9(11)14)8-13-6-4-3-5-7-13/h3-8H2,1-2H3,(H3,11,12,14). The number of carbonyl (C=O) groups excluding carboxylic acids is 1. The zero-order valence-corrected chi connectivity index (χ0v) is 9.18. The first-order valence-corrected chi connectivity index (χ1v) is 5.30. The van der Waals surface area contributed by atoms with Gasteiger partial charge in [-0.25, -0.2) is 4.79 Å². The number of piperidine rings is 1. The lowest BCUT2D eigenvalue weighted by molar-refractivity contribution is 0.173. The number of hydrogen-bond acceptors (Lipinski definition) is 2. The Bertz CT molecular complexity index is 198. The first kappa shape index (κ1) is 11.3. The molecule has 0 atom stereocenters. The van der Waals surface area contributed by atoms with Gasteiger partial charge in [0.1, 0.15) is 0 Å². The smallest absolute Gasteiger partial charge is 0.312 e. The molecule has 4 nitrogen and oxygen atoms in total. The summed E-state index contributed by atoms with van der Waals surface area (Å²) in [6.45, 7) is 7.18. The summed E-state index contributed by atoms with van der Waals surface area (Å²) in [7, 11) is 0. The normalized spacial score (nSPS) is 19.3. The highest BCUT2D eigenvalue weighted by Gasteiger charge is 2.23. The van der Waals surface area contributed by atoms with Crippen molar-refractivity contribution in [1.82, 2.24) is 10.2 Å². The zero-order valence-electron chi connectivity index (χ0n) is 9.18. The molecule has 1 aliphatic heterocycles. The molecule has 0 radical (unpaired) electrons. The number of primary amides is 1. The third-order valence-electron chi connectivity index (χ3n) is 2.53. The summed E-state index contributed by atoms with van der Waals surface area (Å²) < 4.78 is 0. The molecule has 82 valence electrons. The Morgan fingerprint density at radius 2 is 1.93 bits per heavy atom. The third-order valence-corrected chi connectivity index (χ3v) is 2.53. The molecule has 0 bridgehead atoms. The Balaban J connectivity index is 2.36. The van der Waals surface area contributed by atoms with E-state index in [0.29, 0.717) is 0 Å². The molecule has 0 spiro atoms. The van der Waals surface area contributed by atoms with Crippen molar-refractivity contribution < 1.29 is 4.79 Å². The van der Waals surface area contributed by atoms with Crippen LogP contribution in [0.3, 0.4) is 0 Å². The summed E-state index contributed by atoms with van der Waals surface area (Å²) >= 11 is 0. The van der Waals surface area contributed by atoms with Gasteiger partial charge in [0.15, 0.2) is 0 Å². The second kappa shape index (κ2) is 4.64. The fourth-order valence-corrected chi connectivity index (χ4v) is 2.05. The van der Waals surface area contributed by atoms with Crippen LogP contribution in [0.2, 0.25) is 0 Å². The van der Waals surface area contributed by atoms with E-state index in [9.17, 15) is 4.79 Å². The van der Waals surface area contributed by atoms with Crippen LogP contribution in [-0.4, -0.2) is 36.1 Å². The van der Waals surface area contributed by atoms with Crippen LogP contribution < -0.4 is 11.1 Å². The average molecular weight is 199 g/mol. The van der Waals surface area contributed by atoms with Crippen molar-refractivity contribution in [3.8, 4) is 0 Å². The molecule has 1 aliphatic rings. The first-order valence-electron chi connectivity index (χ1n) is 5.30. The summed E-state index contributed by atoms with van der Waals surface area (Å²) in [5, 5.41) is 2.76. The molecule has 0 saturated carbocycles. The van der Waals surface area contributed by atoms with Crippen LogP contribution in [0.4, 0.5) is 4.79 Å². The van der Waals surface area contributed by atoms with Gasteiger partial charge >= 0.3 is 6.03 Å². The summed E-state index contributed by atoms with van der Waals surface area (Å²) in [6.07, 6.45) is 3.87. The number of likely N-dealkylation sites (tertiary alicyclic amines) is 1. The van der Waals surface area contributed by atoms with Gasteiger partial charge in [-0.1, -0.05) is 6.42 Å². The van der Waals surface area contributed by atoms with E-state index in [1.54, 1.807) is 0 Å². The summed E-state index contributed by atoms with van der Waals surface area (Å²) in [4.78, 5) is 13.1. The monoisotopic (exact) mass is 199 g/mol. The predicted octanol–water partition coefficient (Wildman–Crippen LogP) is 0.919. The summed E-state index contributed by atoms with van der Waals surface area (Å²) in [5.41, 5.74) is 4.90. The second-order valence-electron chi connectivity index (χ2n) is 4.71. The Morgan fingerprint density at radius 1 is 1.36 bits per heavy atom. The number of hydrogen-bond donors (Lipinski definition) is 2. The Labute approximate surface area is 85.8 Å². The molecular weight excluding hydrogens is 178 g/mol. The molecule has 4 heteroatoms. The molecule has 1 heterocycles. The highest BCUT2D eigenvalue weighted by molar-refractivity contribution is 5.72. The van der Waals surface area contributed by atoms with Crippen LogP contribution in [0.15, 0.2) is 0 Å². The average Bonchev–Trinajstić information content (AvgIpc) is 2.02. The van der Waals surface area contributed by atoms with Gasteiger partial charge in [0.05, 0.1) is 0 Å². The van der Waals surface area contributed by atoms with E-state index in [1.807, 2.05) is 13.8 Å². The van der Waals surface area contributed by atoms with Crippen LogP contribution in [0, 0.1) is 0 Å². The number of nitrogens with one attached hydrogen (secondary N) is 1. The fraction of sp³-hybridized carbons (Fsp3) is 0.900. The maximum absolute atomic E-state index is 10.7. The molecule has 1 rings (SSSR count). The predicted molar refractivity (Wildman–Crippen MR) is 57.1 cm³/mol. The van der Waals surface area contributed by atoms with Crippen molar-refractivity contribution in [2.24, 2.45) is 5.73 Å². The van der Waals surface area contributed by atoms with E-state index in [4.69, 9.17) is 5.73 Å². The minimum Gasteiger partial charge on any atom is -0.352 e. The molecule has 0 aromatic rings. The maximum atomic E-state index is 10.7. The number of rotatable bonds is 3. The van der Waals surface area contributed by atoms with Gasteiger partial charge in [0.25, 0.3) is 0 Å². The van der Waals surface area contributed by atoms with Crippen LogP contribution in [0.1, 0.15) is 33.1 Å². The van der Waals surface area contributed by atoms with Crippen molar-refractivity contribution in [1.29, 1.82) is 0 Å². The quantitative estimate of drug-likeness (QED) is 0.710. The molecular formula is C10H21N3O. The van der Waals surface area contributed by atoms with E-state index >= 15 is 0 Å². The summed E-state index contributed by atoms with van der Waals surface area (Å²) in [5.74, 6) is 0. The highest BCUT2D eigenvalue weighted by atomic mass is 16.2. The number of nitrogens with two attached hydrogens (primary N) is 1. The second-order valence-corrected chi connectivity index (χ2v) is 4.71. The number of amides is 2. The molecule has 0 aliphatic carbocycles. The van der Waals surface area contributed by atoms with Gasteiger partial charge in [-0.2, -0.15) is 0 Å². The minimum absolute atomic E-state index is 0.219. The van der Waals surface area contributed by atoms with Crippen LogP contribution >= 0.6 is 0 Å². The van der Waals surface area contributed by atoms with Crippen LogP contribution in [0.5, 0.6) is 0 Å². The maximum Gasteiger partial charge on any atom is 0.312 e. The van der Waals surface area contributed by atoms with Crippen LogP contribution in [0.25, 0.3) is 0 Å². The Hall–Kier alpha value is -0.770. The largest absolute Gasteiger partial charge is 0.352 e. The Morgan fingerprint density at radius 3 is 2.43 bits per heavy atom. The lowest BCUT2D eigenvalue weighted by Gasteiger charge is -2.35. The van der Waals surface area contributed by atoms with Gasteiger partial charge in [0, 0.05) is 12.1 Å². The fourth-order valence-electron chi connectivity index (χ4n) is 2.05. The highest BCUT2D eigenvalue weighted by Crippen LogP contribution is 2.12. The lowest BCUT2D eigenvalue weighted by atomic mass is 10.0. The first-order chi connectivity index (χ1) is 6.49. The lowest BCUT2D eigenvalue weighted by Crippen LogP contribution is -2.53. The number of nitrogens with zero attached hydrogens (tertiary/aromatic N) is 1. The van der Waals surface area contributed by atoms with Crippen molar-refractivity contribution in [3.63, 3.8) is 0 Å². The van der Waals surface area contributed by atoms with E-state index in [1.165, 1.54) is 19.3 Å². The van der Waals surface area contributed by atoms with Gasteiger partial charge in [-0.3, -0.25) is 0 Å². The Kier molecular flexibility index (Phi) is 3.75. The van der Waals surface area contributed by atoms with E-state index in [0.717, 1.165) is 19.6 Å². The molecule has 0 unspecified atom stereocenters. The topological polar surface area (TPSA) is 58.4 Å². The molecule has 14 heavy (non-hydrogen) atoms. The molecule has 3 N–H and O–H groups in total. The van der Waals surface area contributed by atoms with Gasteiger partial charge in [0.2, 0.25) is 0 Å². The number of urea groups is 1. The zero-order chi connectivity index (χ0) is 10.6. The minimum atomic E-state index is -0.438. The van der Waals surface area contributed by atoms with Gasteiger partial charge in [-0.05, 0) is 39.8 Å². The van der Waals surface area contributed by atoms with E-state index < -0.39 is 6.03 Å². The van der Waals surface area contributed by atoms with Crippen LogP contribution in [-0.2, 0) is 0 Å². The number of carbonyl (C=O) groups is 1. The molecule has 1 saturated heterocycles. The van der Waals surface area contributed by atoms with Crippen molar-refractivity contribution >= 4 is 6.03 Å². The third kappa shape index (κ3) is 3.96. The van der Waals surface area contributed by atoms with Gasteiger partial charge in [-0.15, -0.1) is 0 Å². The van der Waals surface area contributed by atoms with Crippen molar-refractivity contribution in [2.45, 2.75) is 38.6 Å². The van der Waals surface area contributed by atoms with E-state index in [2.05, 4.69) is 10.2 Å². The summed E-state index contributed by atoms with van der Waals surface area (Å²) in [6, 6.07) is -0.438. The van der Waals surface area contributed by atoms with Crippen molar-refractivity contribution in [2.75, 3.05) is 19.6 Å². The molecule has 2 amide bonds. The molecule has 1 fully saturated rings. The molecule has 0 aromatic carbocycles. The van der Waals surface area contributed by atoms with E-state index in [-0.39, 0.29) is 5.54 Å². The SMILES string of the molecule is CC(C)(CN1CCCCC1)NC(N)=O. The molecule has 0 aromatic heterocycles.